The maximum Gasteiger partial charge on any atom is 0.185 e. The molecule has 0 aromatic carbocycles. The SMILES string of the molecule is Cl.N=C(N)NCCS. The molecule has 0 spiro atoms. The third-order valence-corrected chi connectivity index (χ3v) is 0.651. The van der Waals surface area contributed by atoms with Crippen molar-refractivity contribution in [1.82, 2.24) is 5.32 Å². The van der Waals surface area contributed by atoms with Crippen LogP contribution in [0.2, 0.25) is 0 Å². The Morgan fingerprint density at radius 3 is 2.38 bits per heavy atom. The minimum Gasteiger partial charge on any atom is -0.370 e. The van der Waals surface area contributed by atoms with Gasteiger partial charge in [0.2, 0.25) is 0 Å². The van der Waals surface area contributed by atoms with E-state index in [-0.39, 0.29) is 18.4 Å². The third-order valence-electron chi connectivity index (χ3n) is 0.427. The molecular formula is C3H10ClN3S. The van der Waals surface area contributed by atoms with Crippen molar-refractivity contribution in [3.8, 4) is 0 Å². The van der Waals surface area contributed by atoms with Crippen LogP contribution in [0.1, 0.15) is 0 Å². The van der Waals surface area contributed by atoms with Crippen molar-refractivity contribution < 1.29 is 0 Å². The van der Waals surface area contributed by atoms with Gasteiger partial charge in [0.15, 0.2) is 5.96 Å². The van der Waals surface area contributed by atoms with Gasteiger partial charge in [0.05, 0.1) is 0 Å². The zero-order valence-electron chi connectivity index (χ0n) is 4.35. The van der Waals surface area contributed by atoms with Crippen LogP contribution in [-0.2, 0) is 0 Å². The first-order chi connectivity index (χ1) is 3.27. The lowest BCUT2D eigenvalue weighted by Gasteiger charge is -1.96. The lowest BCUT2D eigenvalue weighted by atomic mass is 10.7. The van der Waals surface area contributed by atoms with Gasteiger partial charge >= 0.3 is 0 Å². The van der Waals surface area contributed by atoms with Crippen LogP contribution in [0, 0.1) is 5.41 Å². The maximum absolute atomic E-state index is 6.63. The third kappa shape index (κ3) is 9.32. The molecule has 0 unspecified atom stereocenters. The first-order valence-electron chi connectivity index (χ1n) is 1.96. The van der Waals surface area contributed by atoms with Gasteiger partial charge in [-0.3, -0.25) is 5.41 Å². The second-order valence-corrected chi connectivity index (χ2v) is 1.51. The average molecular weight is 156 g/mol. The zero-order chi connectivity index (χ0) is 5.70. The van der Waals surface area contributed by atoms with Gasteiger partial charge < -0.3 is 11.1 Å². The molecule has 0 aliphatic heterocycles. The zero-order valence-corrected chi connectivity index (χ0v) is 6.06. The van der Waals surface area contributed by atoms with E-state index in [9.17, 15) is 0 Å². The van der Waals surface area contributed by atoms with Crippen LogP contribution < -0.4 is 11.1 Å². The molecule has 0 bridgehead atoms. The summed E-state index contributed by atoms with van der Waals surface area (Å²) >= 11 is 3.88. The van der Waals surface area contributed by atoms with Gasteiger partial charge in [0, 0.05) is 12.3 Å². The molecule has 0 atom stereocenters. The molecule has 3 nitrogen and oxygen atoms in total. The van der Waals surface area contributed by atoms with Gasteiger partial charge in [0.25, 0.3) is 0 Å². The number of hydrogen-bond acceptors (Lipinski definition) is 2. The highest BCUT2D eigenvalue weighted by Crippen LogP contribution is 1.64. The summed E-state index contributed by atoms with van der Waals surface area (Å²) in [5, 5.41) is 9.21. The van der Waals surface area contributed by atoms with Gasteiger partial charge in [-0.2, -0.15) is 12.6 Å². The predicted octanol–water partition coefficient (Wildman–Crippen LogP) is -0.179. The Hall–Kier alpha value is -0.0900. The van der Waals surface area contributed by atoms with Crippen molar-refractivity contribution in [2.24, 2.45) is 5.73 Å². The second kappa shape index (κ2) is 6.91. The second-order valence-electron chi connectivity index (χ2n) is 1.06. The lowest BCUT2D eigenvalue weighted by Crippen LogP contribution is -2.31. The number of hydrogen-bond donors (Lipinski definition) is 4. The van der Waals surface area contributed by atoms with Crippen molar-refractivity contribution in [1.29, 1.82) is 5.41 Å². The number of guanidine groups is 1. The Bertz CT molecular complexity index is 67.5. The van der Waals surface area contributed by atoms with Crippen LogP contribution in [0.3, 0.4) is 0 Å². The van der Waals surface area contributed by atoms with Crippen LogP contribution in [0.25, 0.3) is 0 Å². The number of thiol groups is 1. The van der Waals surface area contributed by atoms with Crippen LogP contribution in [-0.4, -0.2) is 18.3 Å². The number of halogens is 1. The first-order valence-corrected chi connectivity index (χ1v) is 2.59. The first kappa shape index (κ1) is 10.8. The fourth-order valence-corrected chi connectivity index (χ4v) is 0.302. The molecule has 0 aliphatic carbocycles. The largest absolute Gasteiger partial charge is 0.370 e. The minimum absolute atomic E-state index is 0. The van der Waals surface area contributed by atoms with Gasteiger partial charge in [0.1, 0.15) is 0 Å². The molecule has 8 heavy (non-hydrogen) atoms. The van der Waals surface area contributed by atoms with E-state index in [2.05, 4.69) is 17.9 Å². The predicted molar refractivity (Wildman–Crippen MR) is 41.0 cm³/mol. The van der Waals surface area contributed by atoms with E-state index in [1.807, 2.05) is 0 Å². The van der Waals surface area contributed by atoms with Gasteiger partial charge in [-0.15, -0.1) is 12.4 Å². The summed E-state index contributed by atoms with van der Waals surface area (Å²) in [6, 6.07) is 0. The van der Waals surface area contributed by atoms with E-state index < -0.39 is 0 Å². The van der Waals surface area contributed by atoms with E-state index in [1.54, 1.807) is 0 Å². The molecule has 0 amide bonds. The van der Waals surface area contributed by atoms with E-state index in [1.165, 1.54) is 0 Å². The molecule has 0 heterocycles. The quantitative estimate of drug-likeness (QED) is 0.254. The van der Waals surface area contributed by atoms with Crippen LogP contribution >= 0.6 is 25.0 Å². The Kier molecular flexibility index (Phi) is 9.34. The summed E-state index contributed by atoms with van der Waals surface area (Å²) in [6.45, 7) is 0.665. The normalized spacial score (nSPS) is 7.12. The minimum atomic E-state index is 0. The standard InChI is InChI=1S/C3H9N3S.ClH/c4-3(5)6-1-2-7;/h7H,1-2H2,(H4,4,5,6);1H. The summed E-state index contributed by atoms with van der Waals surface area (Å²) < 4.78 is 0. The fourth-order valence-electron chi connectivity index (χ4n) is 0.191. The van der Waals surface area contributed by atoms with Crippen molar-refractivity contribution in [3.05, 3.63) is 0 Å². The molecule has 0 aliphatic rings. The van der Waals surface area contributed by atoms with Crippen LogP contribution in [0.4, 0.5) is 0 Å². The molecule has 50 valence electrons. The van der Waals surface area contributed by atoms with Crippen LogP contribution in [0.5, 0.6) is 0 Å². The summed E-state index contributed by atoms with van der Waals surface area (Å²) in [5.74, 6) is 0.716. The fraction of sp³-hybridized carbons (Fsp3) is 0.667. The highest BCUT2D eigenvalue weighted by molar-refractivity contribution is 7.80. The molecule has 4 N–H and O–H groups in total. The molecular weight excluding hydrogens is 146 g/mol. The Morgan fingerprint density at radius 1 is 1.75 bits per heavy atom. The highest BCUT2D eigenvalue weighted by atomic mass is 35.5. The molecule has 5 heteroatoms. The average Bonchev–Trinajstić information content (AvgIpc) is 1.61. The Morgan fingerprint density at radius 2 is 2.25 bits per heavy atom. The monoisotopic (exact) mass is 155 g/mol. The highest BCUT2D eigenvalue weighted by Gasteiger charge is 1.79. The number of rotatable bonds is 2. The van der Waals surface area contributed by atoms with Gasteiger partial charge in [-0.1, -0.05) is 0 Å². The summed E-state index contributed by atoms with van der Waals surface area (Å²) in [7, 11) is 0. The van der Waals surface area contributed by atoms with Gasteiger partial charge in [-0.05, 0) is 0 Å². The number of nitrogens with two attached hydrogens (primary N) is 1. The van der Waals surface area contributed by atoms with Crippen molar-refractivity contribution in [3.63, 3.8) is 0 Å². The summed E-state index contributed by atoms with van der Waals surface area (Å²) in [6.07, 6.45) is 0. The maximum atomic E-state index is 6.63. The molecule has 0 aromatic rings. The molecule has 0 rings (SSSR count). The number of nitrogens with one attached hydrogen (secondary N) is 2. The molecule has 0 saturated heterocycles. The lowest BCUT2D eigenvalue weighted by molar-refractivity contribution is 0.957. The van der Waals surface area contributed by atoms with Gasteiger partial charge in [-0.25, -0.2) is 0 Å². The van der Waals surface area contributed by atoms with E-state index in [0.717, 1.165) is 0 Å². The van der Waals surface area contributed by atoms with E-state index >= 15 is 0 Å². The molecule has 0 saturated carbocycles. The smallest absolute Gasteiger partial charge is 0.185 e. The summed E-state index contributed by atoms with van der Waals surface area (Å²) in [4.78, 5) is 0. The van der Waals surface area contributed by atoms with Crippen LogP contribution in [0.15, 0.2) is 0 Å². The van der Waals surface area contributed by atoms with E-state index in [4.69, 9.17) is 11.1 Å². The van der Waals surface area contributed by atoms with Crippen molar-refractivity contribution in [2.45, 2.75) is 0 Å². The Balaban J connectivity index is 0. The molecule has 0 fully saturated rings. The summed E-state index contributed by atoms with van der Waals surface area (Å²) in [5.41, 5.74) is 4.92. The van der Waals surface area contributed by atoms with E-state index in [0.29, 0.717) is 12.3 Å². The molecule has 0 aromatic heterocycles. The molecule has 0 radical (unpaired) electrons. The topological polar surface area (TPSA) is 61.9 Å². The Labute approximate surface area is 60.4 Å². The van der Waals surface area contributed by atoms with Crippen molar-refractivity contribution >= 4 is 31.0 Å². The van der Waals surface area contributed by atoms with Crippen molar-refractivity contribution in [2.75, 3.05) is 12.3 Å².